The maximum absolute atomic E-state index is 12.0. The van der Waals surface area contributed by atoms with Crippen LogP contribution in [0.5, 0.6) is 0 Å². The molecule has 3 rings (SSSR count). The summed E-state index contributed by atoms with van der Waals surface area (Å²) in [5.41, 5.74) is 2.34. The van der Waals surface area contributed by atoms with Gasteiger partial charge in [-0.2, -0.15) is 12.6 Å². The Hall–Kier alpha value is -1.16. The van der Waals surface area contributed by atoms with Crippen LogP contribution in [0.15, 0.2) is 24.3 Å². The van der Waals surface area contributed by atoms with Gasteiger partial charge in [-0.05, 0) is 61.1 Å². The molecule has 4 heteroatoms. The van der Waals surface area contributed by atoms with Crippen molar-refractivity contribution in [2.24, 2.45) is 5.41 Å². The van der Waals surface area contributed by atoms with Crippen molar-refractivity contribution in [2.75, 3.05) is 29.1 Å². The fourth-order valence-corrected chi connectivity index (χ4v) is 3.27. The summed E-state index contributed by atoms with van der Waals surface area (Å²) in [6.07, 6.45) is 5.44. The van der Waals surface area contributed by atoms with E-state index in [0.29, 0.717) is 6.42 Å². The Labute approximate surface area is 126 Å². The Morgan fingerprint density at radius 1 is 1.20 bits per heavy atom. The number of nitrogens with one attached hydrogen (secondary N) is 1. The van der Waals surface area contributed by atoms with Crippen LogP contribution < -0.4 is 10.2 Å². The lowest BCUT2D eigenvalue weighted by atomic mass is 10.1. The highest BCUT2D eigenvalue weighted by molar-refractivity contribution is 7.80. The summed E-state index contributed by atoms with van der Waals surface area (Å²) < 4.78 is 0. The zero-order valence-electron chi connectivity index (χ0n) is 11.8. The number of carbonyl (C=O) groups excluding carboxylic acids is 1. The zero-order valence-corrected chi connectivity index (χ0v) is 12.7. The number of hydrogen-bond donors (Lipinski definition) is 2. The predicted octanol–water partition coefficient (Wildman–Crippen LogP) is 3.33. The quantitative estimate of drug-likeness (QED) is 0.815. The Balaban J connectivity index is 1.56. The van der Waals surface area contributed by atoms with Gasteiger partial charge in [0.05, 0.1) is 0 Å². The molecule has 108 valence electrons. The monoisotopic (exact) mass is 290 g/mol. The highest BCUT2D eigenvalue weighted by atomic mass is 32.1. The largest absolute Gasteiger partial charge is 0.372 e. The normalized spacial score (nSPS) is 19.9. The summed E-state index contributed by atoms with van der Waals surface area (Å²) in [6.45, 7) is 2.30. The van der Waals surface area contributed by atoms with Gasteiger partial charge in [-0.25, -0.2) is 0 Å². The van der Waals surface area contributed by atoms with Crippen molar-refractivity contribution < 1.29 is 4.79 Å². The summed E-state index contributed by atoms with van der Waals surface area (Å²) >= 11 is 4.34. The fraction of sp³-hybridized carbons (Fsp3) is 0.562. The van der Waals surface area contributed by atoms with Crippen molar-refractivity contribution in [1.29, 1.82) is 0 Å². The van der Waals surface area contributed by atoms with Crippen LogP contribution in [-0.2, 0) is 4.79 Å². The van der Waals surface area contributed by atoms with E-state index >= 15 is 0 Å². The van der Waals surface area contributed by atoms with Crippen LogP contribution in [0.2, 0.25) is 0 Å². The Kier molecular flexibility index (Phi) is 3.92. The van der Waals surface area contributed by atoms with E-state index in [2.05, 4.69) is 35.0 Å². The second-order valence-corrected chi connectivity index (χ2v) is 6.44. The first kappa shape index (κ1) is 13.8. The molecule has 1 aliphatic heterocycles. The SMILES string of the molecule is O=C(CC1(CS)CC1)Nc1ccc(N2CCCC2)cc1. The van der Waals surface area contributed by atoms with E-state index in [1.165, 1.54) is 18.5 Å². The summed E-state index contributed by atoms with van der Waals surface area (Å²) in [7, 11) is 0. The van der Waals surface area contributed by atoms with Crippen molar-refractivity contribution >= 4 is 29.9 Å². The number of benzene rings is 1. The lowest BCUT2D eigenvalue weighted by Crippen LogP contribution is -2.19. The molecule has 0 unspecified atom stereocenters. The van der Waals surface area contributed by atoms with E-state index in [1.54, 1.807) is 0 Å². The summed E-state index contributed by atoms with van der Waals surface area (Å²) in [5, 5.41) is 3.00. The van der Waals surface area contributed by atoms with Crippen molar-refractivity contribution in [1.82, 2.24) is 0 Å². The highest BCUT2D eigenvalue weighted by Gasteiger charge is 2.42. The molecule has 1 saturated heterocycles. The molecule has 1 aliphatic carbocycles. The van der Waals surface area contributed by atoms with E-state index in [0.717, 1.165) is 37.4 Å². The first-order valence-electron chi connectivity index (χ1n) is 7.47. The number of nitrogens with zero attached hydrogens (tertiary/aromatic N) is 1. The van der Waals surface area contributed by atoms with E-state index in [4.69, 9.17) is 0 Å². The minimum atomic E-state index is 0.116. The van der Waals surface area contributed by atoms with E-state index < -0.39 is 0 Å². The summed E-state index contributed by atoms with van der Waals surface area (Å²) in [6, 6.07) is 8.22. The van der Waals surface area contributed by atoms with Gasteiger partial charge in [-0.15, -0.1) is 0 Å². The maximum atomic E-state index is 12.0. The topological polar surface area (TPSA) is 32.3 Å². The molecule has 0 spiro atoms. The number of carbonyl (C=O) groups is 1. The van der Waals surface area contributed by atoms with Crippen LogP contribution in [0.25, 0.3) is 0 Å². The van der Waals surface area contributed by atoms with Gasteiger partial charge in [0.2, 0.25) is 5.91 Å². The molecule has 3 nitrogen and oxygen atoms in total. The van der Waals surface area contributed by atoms with Gasteiger partial charge >= 0.3 is 0 Å². The molecule has 1 saturated carbocycles. The first-order chi connectivity index (χ1) is 9.71. The lowest BCUT2D eigenvalue weighted by molar-refractivity contribution is -0.117. The fourth-order valence-electron chi connectivity index (χ4n) is 2.84. The van der Waals surface area contributed by atoms with Crippen LogP contribution in [0.4, 0.5) is 11.4 Å². The minimum Gasteiger partial charge on any atom is -0.372 e. The molecule has 0 bridgehead atoms. The third-order valence-electron chi connectivity index (χ3n) is 4.45. The highest BCUT2D eigenvalue weighted by Crippen LogP contribution is 2.49. The van der Waals surface area contributed by atoms with Crippen molar-refractivity contribution in [3.8, 4) is 0 Å². The van der Waals surface area contributed by atoms with Gasteiger partial charge in [0.15, 0.2) is 0 Å². The van der Waals surface area contributed by atoms with Crippen molar-refractivity contribution in [3.05, 3.63) is 24.3 Å². The standard InChI is InChI=1S/C16H22N2OS/c19-15(11-16(12-20)7-8-16)17-13-3-5-14(6-4-13)18-9-1-2-10-18/h3-6,20H,1-2,7-12H2,(H,17,19). The number of amides is 1. The molecule has 2 aliphatic rings. The molecule has 1 aromatic rings. The van der Waals surface area contributed by atoms with Crippen molar-refractivity contribution in [3.63, 3.8) is 0 Å². The van der Waals surface area contributed by atoms with Crippen LogP contribution in [0, 0.1) is 5.41 Å². The van der Waals surface area contributed by atoms with Gasteiger partial charge in [0.1, 0.15) is 0 Å². The summed E-state index contributed by atoms with van der Waals surface area (Å²) in [4.78, 5) is 14.4. The molecule has 2 fully saturated rings. The van der Waals surface area contributed by atoms with E-state index in [9.17, 15) is 4.79 Å². The second kappa shape index (κ2) is 5.68. The number of anilines is 2. The molecule has 0 atom stereocenters. The average Bonchev–Trinajstić information content (AvgIpc) is 3.01. The third kappa shape index (κ3) is 3.11. The first-order valence-corrected chi connectivity index (χ1v) is 8.10. The molecule has 1 amide bonds. The smallest absolute Gasteiger partial charge is 0.224 e. The second-order valence-electron chi connectivity index (χ2n) is 6.12. The van der Waals surface area contributed by atoms with Gasteiger partial charge in [-0.1, -0.05) is 0 Å². The van der Waals surface area contributed by atoms with Crippen molar-refractivity contribution in [2.45, 2.75) is 32.1 Å². The van der Waals surface area contributed by atoms with Gasteiger partial charge in [0.25, 0.3) is 0 Å². The molecule has 0 aromatic heterocycles. The van der Waals surface area contributed by atoms with Crippen LogP contribution >= 0.6 is 12.6 Å². The predicted molar refractivity (Wildman–Crippen MR) is 86.7 cm³/mol. The molecule has 0 radical (unpaired) electrons. The molecule has 1 aromatic carbocycles. The van der Waals surface area contributed by atoms with E-state index in [1.807, 2.05) is 12.1 Å². The zero-order chi connectivity index (χ0) is 14.0. The van der Waals surface area contributed by atoms with Crippen LogP contribution in [-0.4, -0.2) is 24.7 Å². The Morgan fingerprint density at radius 3 is 2.40 bits per heavy atom. The molecular weight excluding hydrogens is 268 g/mol. The maximum Gasteiger partial charge on any atom is 0.224 e. The van der Waals surface area contributed by atoms with Gasteiger partial charge in [-0.3, -0.25) is 4.79 Å². The number of hydrogen-bond acceptors (Lipinski definition) is 3. The van der Waals surface area contributed by atoms with E-state index in [-0.39, 0.29) is 11.3 Å². The minimum absolute atomic E-state index is 0.116. The average molecular weight is 290 g/mol. The van der Waals surface area contributed by atoms with Gasteiger partial charge in [0, 0.05) is 30.9 Å². The summed E-state index contributed by atoms with van der Waals surface area (Å²) in [5.74, 6) is 0.930. The van der Waals surface area contributed by atoms with Crippen LogP contribution in [0.3, 0.4) is 0 Å². The Morgan fingerprint density at radius 2 is 1.85 bits per heavy atom. The number of rotatable bonds is 5. The Bertz CT molecular complexity index is 476. The molecule has 1 heterocycles. The van der Waals surface area contributed by atoms with Gasteiger partial charge < -0.3 is 10.2 Å². The van der Waals surface area contributed by atoms with Crippen LogP contribution in [0.1, 0.15) is 32.1 Å². The molecule has 1 N–H and O–H groups in total. The number of thiol groups is 1. The lowest BCUT2D eigenvalue weighted by Gasteiger charge is -2.18. The molecular formula is C16H22N2OS. The molecule has 20 heavy (non-hydrogen) atoms. The third-order valence-corrected chi connectivity index (χ3v) is 5.12.